The maximum atomic E-state index is 13.1. The fourth-order valence-corrected chi connectivity index (χ4v) is 2.51. The van der Waals surface area contributed by atoms with Crippen molar-refractivity contribution in [3.63, 3.8) is 0 Å². The van der Waals surface area contributed by atoms with Gasteiger partial charge in [-0.25, -0.2) is 4.39 Å². The highest BCUT2D eigenvalue weighted by Crippen LogP contribution is 2.19. The Labute approximate surface area is 140 Å². The zero-order chi connectivity index (χ0) is 17.5. The number of carboxylic acid groups (broad SMARTS) is 1. The van der Waals surface area contributed by atoms with Crippen molar-refractivity contribution in [1.82, 2.24) is 5.32 Å². The molecule has 0 aromatic heterocycles. The van der Waals surface area contributed by atoms with Gasteiger partial charge in [-0.15, -0.1) is 0 Å². The largest absolute Gasteiger partial charge is 0.481 e. The van der Waals surface area contributed by atoms with Gasteiger partial charge in [-0.2, -0.15) is 0 Å². The molecule has 4 nitrogen and oxygen atoms in total. The van der Waals surface area contributed by atoms with Gasteiger partial charge in [-0.05, 0) is 42.2 Å². The first-order chi connectivity index (χ1) is 11.5. The molecule has 0 radical (unpaired) electrons. The third-order valence-electron chi connectivity index (χ3n) is 3.87. The van der Waals surface area contributed by atoms with Crippen LogP contribution in [0.5, 0.6) is 0 Å². The molecule has 0 aliphatic heterocycles. The van der Waals surface area contributed by atoms with Gasteiger partial charge in [0.15, 0.2) is 0 Å². The molecule has 0 bridgehead atoms. The molecule has 5 heteroatoms. The standard InChI is InChI=1S/C19H20FNO3/c1-13-4-2-3-5-15(13)12-18(22)21-17(10-11-19(23)24)14-6-8-16(20)9-7-14/h2-9,17H,10-12H2,1H3,(H,21,22)(H,23,24). The average molecular weight is 329 g/mol. The smallest absolute Gasteiger partial charge is 0.303 e. The summed E-state index contributed by atoms with van der Waals surface area (Å²) in [5, 5.41) is 11.7. The average Bonchev–Trinajstić information content (AvgIpc) is 2.54. The van der Waals surface area contributed by atoms with Gasteiger partial charge >= 0.3 is 5.97 Å². The highest BCUT2D eigenvalue weighted by molar-refractivity contribution is 5.79. The molecule has 2 rings (SSSR count). The molecule has 0 fully saturated rings. The fraction of sp³-hybridized carbons (Fsp3) is 0.263. The number of aliphatic carboxylic acids is 1. The van der Waals surface area contributed by atoms with Crippen molar-refractivity contribution in [2.24, 2.45) is 0 Å². The topological polar surface area (TPSA) is 66.4 Å². The number of halogens is 1. The normalized spacial score (nSPS) is 11.8. The van der Waals surface area contributed by atoms with Crippen LogP contribution in [0.1, 0.15) is 35.6 Å². The minimum Gasteiger partial charge on any atom is -0.481 e. The van der Waals surface area contributed by atoms with Crippen molar-refractivity contribution in [2.75, 3.05) is 0 Å². The lowest BCUT2D eigenvalue weighted by molar-refractivity contribution is -0.137. The number of benzene rings is 2. The maximum absolute atomic E-state index is 13.1. The fourth-order valence-electron chi connectivity index (χ4n) is 2.51. The van der Waals surface area contributed by atoms with Crippen molar-refractivity contribution in [2.45, 2.75) is 32.2 Å². The zero-order valence-corrected chi connectivity index (χ0v) is 13.5. The molecular formula is C19H20FNO3. The van der Waals surface area contributed by atoms with Gasteiger partial charge in [0.1, 0.15) is 5.82 Å². The molecule has 0 aliphatic rings. The molecular weight excluding hydrogens is 309 g/mol. The Balaban J connectivity index is 2.09. The third kappa shape index (κ3) is 5.19. The van der Waals surface area contributed by atoms with E-state index in [-0.39, 0.29) is 31.0 Å². The molecule has 0 heterocycles. The van der Waals surface area contributed by atoms with Crippen molar-refractivity contribution in [3.8, 4) is 0 Å². The van der Waals surface area contributed by atoms with E-state index >= 15 is 0 Å². The number of hydrogen-bond acceptors (Lipinski definition) is 2. The van der Waals surface area contributed by atoms with E-state index in [9.17, 15) is 14.0 Å². The van der Waals surface area contributed by atoms with Crippen LogP contribution >= 0.6 is 0 Å². The molecule has 126 valence electrons. The van der Waals surface area contributed by atoms with Crippen LogP contribution in [-0.2, 0) is 16.0 Å². The van der Waals surface area contributed by atoms with E-state index in [1.54, 1.807) is 12.1 Å². The second-order valence-electron chi connectivity index (χ2n) is 5.71. The molecule has 2 aromatic carbocycles. The highest BCUT2D eigenvalue weighted by atomic mass is 19.1. The van der Waals surface area contributed by atoms with Gasteiger partial charge in [0.2, 0.25) is 5.91 Å². The summed E-state index contributed by atoms with van der Waals surface area (Å²) in [4.78, 5) is 23.2. The monoisotopic (exact) mass is 329 g/mol. The molecule has 0 saturated carbocycles. The first kappa shape index (κ1) is 17.7. The molecule has 24 heavy (non-hydrogen) atoms. The predicted molar refractivity (Wildman–Crippen MR) is 89.0 cm³/mol. The van der Waals surface area contributed by atoms with Gasteiger partial charge in [0, 0.05) is 6.42 Å². The molecule has 0 spiro atoms. The summed E-state index contributed by atoms with van der Waals surface area (Å²) in [7, 11) is 0. The Hall–Kier alpha value is -2.69. The van der Waals surface area contributed by atoms with E-state index in [1.807, 2.05) is 31.2 Å². The van der Waals surface area contributed by atoms with Gasteiger partial charge in [-0.3, -0.25) is 9.59 Å². The van der Waals surface area contributed by atoms with Crippen LogP contribution in [-0.4, -0.2) is 17.0 Å². The number of nitrogens with one attached hydrogen (secondary N) is 1. The lowest BCUT2D eigenvalue weighted by atomic mass is 10.0. The zero-order valence-electron chi connectivity index (χ0n) is 13.5. The van der Waals surface area contributed by atoms with E-state index in [2.05, 4.69) is 5.32 Å². The third-order valence-corrected chi connectivity index (χ3v) is 3.87. The Morgan fingerprint density at radius 3 is 2.42 bits per heavy atom. The second kappa shape index (κ2) is 8.24. The molecule has 0 aliphatic carbocycles. The van der Waals surface area contributed by atoms with Crippen molar-refractivity contribution in [3.05, 3.63) is 71.0 Å². The van der Waals surface area contributed by atoms with Crippen LogP contribution in [0.25, 0.3) is 0 Å². The first-order valence-electron chi connectivity index (χ1n) is 7.77. The second-order valence-corrected chi connectivity index (χ2v) is 5.71. The van der Waals surface area contributed by atoms with Gasteiger partial charge in [0.25, 0.3) is 0 Å². The molecule has 2 aromatic rings. The number of hydrogen-bond donors (Lipinski definition) is 2. The van der Waals surface area contributed by atoms with E-state index < -0.39 is 12.0 Å². The van der Waals surface area contributed by atoms with Crippen LogP contribution in [0, 0.1) is 12.7 Å². The summed E-state index contributed by atoms with van der Waals surface area (Å²) in [5.74, 6) is -1.50. The number of rotatable bonds is 7. The van der Waals surface area contributed by atoms with Crippen molar-refractivity contribution in [1.29, 1.82) is 0 Å². The minimum atomic E-state index is -0.935. The predicted octanol–water partition coefficient (Wildman–Crippen LogP) is 3.40. The first-order valence-corrected chi connectivity index (χ1v) is 7.77. The molecule has 1 amide bonds. The Bertz CT molecular complexity index is 713. The number of aryl methyl sites for hydroxylation is 1. The minimum absolute atomic E-state index is 0.0767. The summed E-state index contributed by atoms with van der Waals surface area (Å²) < 4.78 is 13.1. The Morgan fingerprint density at radius 2 is 1.79 bits per heavy atom. The van der Waals surface area contributed by atoms with E-state index in [0.29, 0.717) is 5.56 Å². The van der Waals surface area contributed by atoms with E-state index in [0.717, 1.165) is 11.1 Å². The molecule has 0 saturated heterocycles. The van der Waals surface area contributed by atoms with Crippen molar-refractivity contribution < 1.29 is 19.1 Å². The maximum Gasteiger partial charge on any atom is 0.303 e. The molecule has 1 unspecified atom stereocenters. The van der Waals surface area contributed by atoms with Gasteiger partial charge in [-0.1, -0.05) is 36.4 Å². The lowest BCUT2D eigenvalue weighted by Gasteiger charge is -2.19. The molecule has 1 atom stereocenters. The van der Waals surface area contributed by atoms with E-state index in [1.165, 1.54) is 12.1 Å². The number of carboxylic acids is 1. The highest BCUT2D eigenvalue weighted by Gasteiger charge is 2.17. The van der Waals surface area contributed by atoms with Crippen LogP contribution < -0.4 is 5.32 Å². The Morgan fingerprint density at radius 1 is 1.12 bits per heavy atom. The van der Waals surface area contributed by atoms with Crippen LogP contribution in [0.15, 0.2) is 48.5 Å². The SMILES string of the molecule is Cc1ccccc1CC(=O)NC(CCC(=O)O)c1ccc(F)cc1. The molecule has 2 N–H and O–H groups in total. The quantitative estimate of drug-likeness (QED) is 0.818. The van der Waals surface area contributed by atoms with Crippen molar-refractivity contribution >= 4 is 11.9 Å². The number of carbonyl (C=O) groups is 2. The summed E-state index contributed by atoms with van der Waals surface area (Å²) in [6.07, 6.45) is 0.393. The summed E-state index contributed by atoms with van der Waals surface area (Å²) in [5.41, 5.74) is 2.64. The van der Waals surface area contributed by atoms with E-state index in [4.69, 9.17) is 5.11 Å². The summed E-state index contributed by atoms with van der Waals surface area (Å²) >= 11 is 0. The van der Waals surface area contributed by atoms with Crippen LogP contribution in [0.2, 0.25) is 0 Å². The summed E-state index contributed by atoms with van der Waals surface area (Å²) in [6.45, 7) is 1.94. The Kier molecular flexibility index (Phi) is 6.07. The van der Waals surface area contributed by atoms with Crippen LogP contribution in [0.3, 0.4) is 0 Å². The number of carbonyl (C=O) groups excluding carboxylic acids is 1. The van der Waals surface area contributed by atoms with Gasteiger partial charge in [0.05, 0.1) is 12.5 Å². The van der Waals surface area contributed by atoms with Gasteiger partial charge < -0.3 is 10.4 Å². The van der Waals surface area contributed by atoms with Crippen LogP contribution in [0.4, 0.5) is 4.39 Å². The summed E-state index contributed by atoms with van der Waals surface area (Å²) in [6, 6.07) is 12.9. The number of amides is 1. The lowest BCUT2D eigenvalue weighted by Crippen LogP contribution is -2.30.